The fourth-order valence-electron chi connectivity index (χ4n) is 3.32. The molecule has 2 rings (SSSR count). The zero-order valence-electron chi connectivity index (χ0n) is 12.2. The van der Waals surface area contributed by atoms with Crippen LogP contribution in [0.15, 0.2) is 18.2 Å². The van der Waals surface area contributed by atoms with E-state index in [1.165, 1.54) is 44.2 Å². The molecular weight excluding hydrogens is 256 g/mol. The van der Waals surface area contributed by atoms with Gasteiger partial charge in [-0.2, -0.15) is 0 Å². The molecule has 1 atom stereocenters. The fraction of sp³-hybridized carbons (Fsp3) is 0.647. The van der Waals surface area contributed by atoms with Crippen molar-refractivity contribution in [2.45, 2.75) is 57.9 Å². The van der Waals surface area contributed by atoms with E-state index >= 15 is 0 Å². The van der Waals surface area contributed by atoms with Crippen LogP contribution in [-0.2, 0) is 0 Å². The van der Waals surface area contributed by atoms with E-state index in [0.29, 0.717) is 5.92 Å². The van der Waals surface area contributed by atoms with Gasteiger partial charge in [-0.15, -0.1) is 0 Å². The SMILES string of the molecule is CCCCC1CCC(C(N)c2ccc(F)c(F)c2)CC1. The van der Waals surface area contributed by atoms with Crippen molar-refractivity contribution >= 4 is 0 Å². The summed E-state index contributed by atoms with van der Waals surface area (Å²) in [6.45, 7) is 2.23. The van der Waals surface area contributed by atoms with Gasteiger partial charge < -0.3 is 5.73 Å². The number of rotatable bonds is 5. The molecule has 2 N–H and O–H groups in total. The summed E-state index contributed by atoms with van der Waals surface area (Å²) >= 11 is 0. The minimum Gasteiger partial charge on any atom is -0.324 e. The van der Waals surface area contributed by atoms with Crippen LogP contribution in [0.1, 0.15) is 63.5 Å². The summed E-state index contributed by atoms with van der Waals surface area (Å²) in [5.74, 6) is -0.361. The third-order valence-electron chi connectivity index (χ3n) is 4.69. The lowest BCUT2D eigenvalue weighted by molar-refractivity contribution is 0.232. The zero-order chi connectivity index (χ0) is 14.5. The Bertz CT molecular complexity index is 425. The first-order valence-corrected chi connectivity index (χ1v) is 7.82. The molecule has 1 unspecified atom stereocenters. The minimum atomic E-state index is -0.802. The molecule has 0 saturated heterocycles. The normalized spacial score (nSPS) is 24.6. The molecule has 1 aliphatic rings. The Kier molecular flexibility index (Phi) is 5.53. The molecule has 3 heteroatoms. The van der Waals surface area contributed by atoms with Crippen LogP contribution in [0.25, 0.3) is 0 Å². The Morgan fingerprint density at radius 1 is 1.15 bits per heavy atom. The molecule has 1 saturated carbocycles. The van der Waals surface area contributed by atoms with E-state index in [-0.39, 0.29) is 6.04 Å². The highest BCUT2D eigenvalue weighted by atomic mass is 19.2. The Morgan fingerprint density at radius 3 is 2.45 bits per heavy atom. The van der Waals surface area contributed by atoms with E-state index < -0.39 is 11.6 Å². The number of halogens is 2. The van der Waals surface area contributed by atoms with E-state index in [9.17, 15) is 8.78 Å². The van der Waals surface area contributed by atoms with Gasteiger partial charge in [0.25, 0.3) is 0 Å². The summed E-state index contributed by atoms with van der Waals surface area (Å²) in [6, 6.07) is 3.88. The van der Waals surface area contributed by atoms with E-state index in [1.54, 1.807) is 6.07 Å². The molecule has 1 aromatic carbocycles. The maximum atomic E-state index is 13.3. The highest BCUT2D eigenvalue weighted by Gasteiger charge is 2.26. The first-order chi connectivity index (χ1) is 9.61. The topological polar surface area (TPSA) is 26.0 Å². The number of benzene rings is 1. The Balaban J connectivity index is 1.91. The first-order valence-electron chi connectivity index (χ1n) is 7.82. The average molecular weight is 281 g/mol. The van der Waals surface area contributed by atoms with Gasteiger partial charge in [0, 0.05) is 6.04 Å². The maximum absolute atomic E-state index is 13.3. The van der Waals surface area contributed by atoms with Crippen LogP contribution in [0.4, 0.5) is 8.78 Å². The Labute approximate surface area is 120 Å². The van der Waals surface area contributed by atoms with Crippen molar-refractivity contribution < 1.29 is 8.78 Å². The molecular formula is C17H25F2N. The number of unbranched alkanes of at least 4 members (excludes halogenated alkanes) is 1. The molecule has 0 aromatic heterocycles. The number of nitrogens with two attached hydrogens (primary N) is 1. The van der Waals surface area contributed by atoms with Crippen LogP contribution < -0.4 is 5.73 Å². The summed E-state index contributed by atoms with van der Waals surface area (Å²) in [5.41, 5.74) is 6.97. The van der Waals surface area contributed by atoms with Gasteiger partial charge in [0.2, 0.25) is 0 Å². The summed E-state index contributed by atoms with van der Waals surface area (Å²) in [6.07, 6.45) is 8.55. The molecule has 20 heavy (non-hydrogen) atoms. The third-order valence-corrected chi connectivity index (χ3v) is 4.69. The highest BCUT2D eigenvalue weighted by molar-refractivity contribution is 5.21. The van der Waals surface area contributed by atoms with E-state index in [2.05, 4.69) is 6.92 Å². The van der Waals surface area contributed by atoms with Gasteiger partial charge in [-0.25, -0.2) is 8.78 Å². The van der Waals surface area contributed by atoms with Crippen molar-refractivity contribution in [1.29, 1.82) is 0 Å². The summed E-state index contributed by atoms with van der Waals surface area (Å²) in [4.78, 5) is 0. The second-order valence-electron chi connectivity index (χ2n) is 6.12. The molecule has 0 radical (unpaired) electrons. The molecule has 0 amide bonds. The Morgan fingerprint density at radius 2 is 1.85 bits per heavy atom. The van der Waals surface area contributed by atoms with Crippen molar-refractivity contribution in [3.05, 3.63) is 35.4 Å². The highest BCUT2D eigenvalue weighted by Crippen LogP contribution is 2.37. The van der Waals surface area contributed by atoms with Gasteiger partial charge in [-0.3, -0.25) is 0 Å². The first kappa shape index (κ1) is 15.4. The lowest BCUT2D eigenvalue weighted by Crippen LogP contribution is -2.26. The lowest BCUT2D eigenvalue weighted by Gasteiger charge is -2.32. The number of hydrogen-bond acceptors (Lipinski definition) is 1. The van der Waals surface area contributed by atoms with Crippen molar-refractivity contribution in [3.63, 3.8) is 0 Å². The standard InChI is InChI=1S/C17H25F2N/c1-2-3-4-12-5-7-13(8-6-12)17(20)14-9-10-15(18)16(19)11-14/h9-13,17H,2-8,20H2,1H3. The Hall–Kier alpha value is -0.960. The minimum absolute atomic E-state index is 0.169. The molecule has 1 nitrogen and oxygen atoms in total. The zero-order valence-corrected chi connectivity index (χ0v) is 12.2. The van der Waals surface area contributed by atoms with E-state index in [4.69, 9.17) is 5.73 Å². The second kappa shape index (κ2) is 7.16. The summed E-state index contributed by atoms with van der Waals surface area (Å²) in [7, 11) is 0. The van der Waals surface area contributed by atoms with Crippen molar-refractivity contribution in [1.82, 2.24) is 0 Å². The van der Waals surface area contributed by atoms with Crippen molar-refractivity contribution in [2.24, 2.45) is 17.6 Å². The van der Waals surface area contributed by atoms with Gasteiger partial charge in [-0.1, -0.05) is 45.1 Å². The van der Waals surface area contributed by atoms with Crippen LogP contribution in [0.3, 0.4) is 0 Å². The van der Waals surface area contributed by atoms with Crippen LogP contribution in [0.5, 0.6) is 0 Å². The second-order valence-corrected chi connectivity index (χ2v) is 6.12. The molecule has 1 fully saturated rings. The van der Waals surface area contributed by atoms with Gasteiger partial charge in [0.05, 0.1) is 0 Å². The van der Waals surface area contributed by atoms with Gasteiger partial charge in [0.15, 0.2) is 11.6 Å². The van der Waals surface area contributed by atoms with Gasteiger partial charge in [0.1, 0.15) is 0 Å². The van der Waals surface area contributed by atoms with Crippen LogP contribution in [-0.4, -0.2) is 0 Å². The van der Waals surface area contributed by atoms with Crippen LogP contribution in [0, 0.1) is 23.5 Å². The molecule has 0 spiro atoms. The van der Waals surface area contributed by atoms with E-state index in [1.807, 2.05) is 0 Å². The molecule has 0 heterocycles. The summed E-state index contributed by atoms with van der Waals surface area (Å²) < 4.78 is 26.2. The predicted octanol–water partition coefficient (Wildman–Crippen LogP) is 4.96. The molecule has 112 valence electrons. The third kappa shape index (κ3) is 3.78. The smallest absolute Gasteiger partial charge is 0.159 e. The van der Waals surface area contributed by atoms with Crippen LogP contribution >= 0.6 is 0 Å². The average Bonchev–Trinajstić information content (AvgIpc) is 2.48. The number of hydrogen-bond donors (Lipinski definition) is 1. The molecule has 0 aliphatic heterocycles. The molecule has 0 bridgehead atoms. The van der Waals surface area contributed by atoms with Crippen molar-refractivity contribution in [3.8, 4) is 0 Å². The van der Waals surface area contributed by atoms with E-state index in [0.717, 1.165) is 24.3 Å². The summed E-state index contributed by atoms with van der Waals surface area (Å²) in [5, 5.41) is 0. The quantitative estimate of drug-likeness (QED) is 0.811. The van der Waals surface area contributed by atoms with Crippen molar-refractivity contribution in [2.75, 3.05) is 0 Å². The molecule has 1 aliphatic carbocycles. The van der Waals surface area contributed by atoms with Gasteiger partial charge >= 0.3 is 0 Å². The fourth-order valence-corrected chi connectivity index (χ4v) is 3.32. The monoisotopic (exact) mass is 281 g/mol. The lowest BCUT2D eigenvalue weighted by atomic mass is 9.75. The largest absolute Gasteiger partial charge is 0.324 e. The van der Waals surface area contributed by atoms with Crippen LogP contribution in [0.2, 0.25) is 0 Å². The predicted molar refractivity (Wildman–Crippen MR) is 78.3 cm³/mol. The van der Waals surface area contributed by atoms with Gasteiger partial charge in [-0.05, 0) is 42.4 Å². The maximum Gasteiger partial charge on any atom is 0.159 e. The molecule has 1 aromatic rings.